The average Bonchev–Trinajstić information content (AvgIpc) is 3.02. The Morgan fingerprint density at radius 1 is 1.35 bits per heavy atom. The molecular formula is C17H19NO5. The van der Waals surface area contributed by atoms with E-state index in [-0.39, 0.29) is 24.5 Å². The highest BCUT2D eigenvalue weighted by atomic mass is 16.5. The van der Waals surface area contributed by atoms with E-state index in [1.807, 2.05) is 18.2 Å². The molecule has 0 unspecified atom stereocenters. The molecule has 1 aliphatic heterocycles. The van der Waals surface area contributed by atoms with Gasteiger partial charge in [0.2, 0.25) is 0 Å². The lowest BCUT2D eigenvalue weighted by atomic mass is 10.1. The van der Waals surface area contributed by atoms with Crippen LogP contribution in [0.4, 0.5) is 0 Å². The molecule has 6 heteroatoms. The number of fused-ring (bicyclic) bond motifs is 1. The third-order valence-electron chi connectivity index (χ3n) is 4.34. The third kappa shape index (κ3) is 3.31. The third-order valence-corrected chi connectivity index (χ3v) is 4.34. The maximum Gasteiger partial charge on any atom is 0.306 e. The quantitative estimate of drug-likeness (QED) is 0.885. The van der Waals surface area contributed by atoms with Gasteiger partial charge in [0.25, 0.3) is 5.91 Å². The van der Waals surface area contributed by atoms with Gasteiger partial charge >= 0.3 is 5.97 Å². The van der Waals surface area contributed by atoms with Crippen molar-refractivity contribution in [1.82, 2.24) is 5.32 Å². The minimum atomic E-state index is -0.789. The minimum Gasteiger partial charge on any atom is -0.497 e. The van der Waals surface area contributed by atoms with E-state index in [1.165, 1.54) is 0 Å². The molecule has 2 atom stereocenters. The largest absolute Gasteiger partial charge is 0.497 e. The number of nitrogens with one attached hydrogen (secondary N) is 1. The van der Waals surface area contributed by atoms with Gasteiger partial charge in [0.15, 0.2) is 0 Å². The molecule has 2 aliphatic rings. The smallest absolute Gasteiger partial charge is 0.306 e. The zero-order valence-corrected chi connectivity index (χ0v) is 12.9. The predicted octanol–water partition coefficient (Wildman–Crippen LogP) is 1.84. The summed E-state index contributed by atoms with van der Waals surface area (Å²) in [6, 6.07) is 5.35. The number of aliphatic carboxylic acids is 1. The van der Waals surface area contributed by atoms with Gasteiger partial charge in [0.05, 0.1) is 18.6 Å². The van der Waals surface area contributed by atoms with Crippen LogP contribution in [0.3, 0.4) is 0 Å². The Morgan fingerprint density at radius 3 is 2.87 bits per heavy atom. The molecule has 1 heterocycles. The zero-order valence-electron chi connectivity index (χ0n) is 12.9. The summed E-state index contributed by atoms with van der Waals surface area (Å²) in [7, 11) is 1.59. The number of carboxylic acids is 1. The molecule has 23 heavy (non-hydrogen) atoms. The van der Waals surface area contributed by atoms with E-state index in [1.54, 1.807) is 13.2 Å². The number of carbonyl (C=O) groups excluding carboxylic acids is 1. The average molecular weight is 317 g/mol. The van der Waals surface area contributed by atoms with Crippen molar-refractivity contribution in [2.75, 3.05) is 13.7 Å². The SMILES string of the molecule is COc1ccc2c(c1)C=C(C(=O)N[C@H]1CC[C@@H](C(=O)O)C1)CO2. The molecule has 1 fully saturated rings. The van der Waals surface area contributed by atoms with E-state index in [0.717, 1.165) is 5.56 Å². The van der Waals surface area contributed by atoms with Gasteiger partial charge < -0.3 is 19.9 Å². The lowest BCUT2D eigenvalue weighted by molar-refractivity contribution is -0.141. The van der Waals surface area contributed by atoms with E-state index in [9.17, 15) is 9.59 Å². The lowest BCUT2D eigenvalue weighted by Crippen LogP contribution is -2.36. The van der Waals surface area contributed by atoms with E-state index < -0.39 is 5.97 Å². The van der Waals surface area contributed by atoms with E-state index in [0.29, 0.717) is 36.3 Å². The molecule has 2 N–H and O–H groups in total. The Balaban J connectivity index is 1.68. The van der Waals surface area contributed by atoms with E-state index >= 15 is 0 Å². The highest BCUT2D eigenvalue weighted by Gasteiger charge is 2.31. The first kappa shape index (κ1) is 15.4. The van der Waals surface area contributed by atoms with Crippen molar-refractivity contribution in [3.05, 3.63) is 29.3 Å². The van der Waals surface area contributed by atoms with Crippen LogP contribution in [-0.2, 0) is 9.59 Å². The summed E-state index contributed by atoms with van der Waals surface area (Å²) in [5, 5.41) is 11.9. The van der Waals surface area contributed by atoms with Gasteiger partial charge in [0, 0.05) is 11.6 Å². The topological polar surface area (TPSA) is 84.9 Å². The fourth-order valence-corrected chi connectivity index (χ4v) is 3.03. The number of amides is 1. The van der Waals surface area contributed by atoms with Crippen LogP contribution in [0.5, 0.6) is 11.5 Å². The van der Waals surface area contributed by atoms with Crippen LogP contribution in [0, 0.1) is 5.92 Å². The summed E-state index contributed by atoms with van der Waals surface area (Å²) in [6.45, 7) is 0.209. The Bertz CT molecular complexity index is 667. The van der Waals surface area contributed by atoms with Crippen molar-refractivity contribution < 1.29 is 24.2 Å². The van der Waals surface area contributed by atoms with Crippen LogP contribution in [0.25, 0.3) is 6.08 Å². The summed E-state index contributed by atoms with van der Waals surface area (Å²) < 4.78 is 10.8. The first-order valence-electron chi connectivity index (χ1n) is 7.62. The number of ether oxygens (including phenoxy) is 2. The van der Waals surface area contributed by atoms with Crippen molar-refractivity contribution in [2.45, 2.75) is 25.3 Å². The molecule has 1 amide bonds. The molecule has 122 valence electrons. The molecule has 0 saturated heterocycles. The minimum absolute atomic E-state index is 0.0868. The van der Waals surface area contributed by atoms with Gasteiger partial charge in [-0.15, -0.1) is 0 Å². The summed E-state index contributed by atoms with van der Waals surface area (Å²) in [6.07, 6.45) is 3.58. The van der Waals surface area contributed by atoms with Crippen molar-refractivity contribution in [3.8, 4) is 11.5 Å². The Kier molecular flexibility index (Phi) is 4.23. The van der Waals surface area contributed by atoms with Crippen LogP contribution in [0.1, 0.15) is 24.8 Å². The molecule has 1 aromatic carbocycles. The molecular weight excluding hydrogens is 298 g/mol. The van der Waals surface area contributed by atoms with Crippen molar-refractivity contribution in [1.29, 1.82) is 0 Å². The fourth-order valence-electron chi connectivity index (χ4n) is 3.03. The highest BCUT2D eigenvalue weighted by molar-refractivity contribution is 5.99. The van der Waals surface area contributed by atoms with Crippen LogP contribution < -0.4 is 14.8 Å². The predicted molar refractivity (Wildman–Crippen MR) is 83.4 cm³/mol. The first-order valence-corrected chi connectivity index (χ1v) is 7.62. The lowest BCUT2D eigenvalue weighted by Gasteiger charge is -2.20. The van der Waals surface area contributed by atoms with Gasteiger partial charge in [-0.25, -0.2) is 0 Å². The second kappa shape index (κ2) is 6.32. The number of methoxy groups -OCH3 is 1. The summed E-state index contributed by atoms with van der Waals surface area (Å²) in [5.74, 6) is 0.0684. The van der Waals surface area contributed by atoms with Crippen LogP contribution >= 0.6 is 0 Å². The molecule has 1 aliphatic carbocycles. The molecule has 1 aromatic rings. The van der Waals surface area contributed by atoms with Gasteiger partial charge in [-0.1, -0.05) is 0 Å². The van der Waals surface area contributed by atoms with Crippen molar-refractivity contribution in [2.24, 2.45) is 5.92 Å². The Labute approximate surface area is 134 Å². The maximum absolute atomic E-state index is 12.4. The summed E-state index contributed by atoms with van der Waals surface area (Å²) >= 11 is 0. The van der Waals surface area contributed by atoms with Crippen molar-refractivity contribution in [3.63, 3.8) is 0 Å². The monoisotopic (exact) mass is 317 g/mol. The van der Waals surface area contributed by atoms with Gasteiger partial charge in [-0.05, 0) is 43.5 Å². The van der Waals surface area contributed by atoms with E-state index in [4.69, 9.17) is 14.6 Å². The maximum atomic E-state index is 12.4. The fraction of sp³-hybridized carbons (Fsp3) is 0.412. The van der Waals surface area contributed by atoms with Gasteiger partial charge in [-0.2, -0.15) is 0 Å². The standard InChI is InChI=1S/C17H19NO5/c1-22-14-4-5-15-11(8-14)6-12(9-23-15)16(19)18-13-3-2-10(7-13)17(20)21/h4-6,8,10,13H,2-3,7,9H2,1H3,(H,18,19)(H,20,21)/t10-,13+/m1/s1. The van der Waals surface area contributed by atoms with Crippen molar-refractivity contribution >= 4 is 18.0 Å². The van der Waals surface area contributed by atoms with Gasteiger partial charge in [0.1, 0.15) is 18.1 Å². The highest BCUT2D eigenvalue weighted by Crippen LogP contribution is 2.30. The Morgan fingerprint density at radius 2 is 2.17 bits per heavy atom. The van der Waals surface area contributed by atoms with Crippen LogP contribution in [0.2, 0.25) is 0 Å². The number of carboxylic acid groups (broad SMARTS) is 1. The second-order valence-corrected chi connectivity index (χ2v) is 5.88. The molecule has 0 bridgehead atoms. The number of hydrogen-bond donors (Lipinski definition) is 2. The molecule has 1 saturated carbocycles. The summed E-state index contributed by atoms with van der Waals surface area (Å²) in [4.78, 5) is 23.3. The number of benzene rings is 1. The van der Waals surface area contributed by atoms with Crippen LogP contribution in [-0.4, -0.2) is 36.7 Å². The number of carbonyl (C=O) groups is 2. The van der Waals surface area contributed by atoms with Gasteiger partial charge in [-0.3, -0.25) is 9.59 Å². The number of hydrogen-bond acceptors (Lipinski definition) is 4. The zero-order chi connectivity index (χ0) is 16.4. The summed E-state index contributed by atoms with van der Waals surface area (Å²) in [5.41, 5.74) is 1.33. The van der Waals surface area contributed by atoms with E-state index in [2.05, 4.69) is 5.32 Å². The second-order valence-electron chi connectivity index (χ2n) is 5.88. The van der Waals surface area contributed by atoms with Crippen LogP contribution in [0.15, 0.2) is 23.8 Å². The molecule has 3 rings (SSSR count). The molecule has 0 spiro atoms. The Hall–Kier alpha value is -2.50. The normalized spacial score (nSPS) is 22.6. The number of rotatable bonds is 4. The molecule has 6 nitrogen and oxygen atoms in total. The first-order chi connectivity index (χ1) is 11.1. The molecule has 0 radical (unpaired) electrons. The molecule has 0 aromatic heterocycles.